The number of ether oxygens (including phenoxy) is 1. The van der Waals surface area contributed by atoms with Crippen LogP contribution in [0.5, 0.6) is 5.75 Å². The summed E-state index contributed by atoms with van der Waals surface area (Å²) in [4.78, 5) is 14.6. The fourth-order valence-corrected chi connectivity index (χ4v) is 3.85. The van der Waals surface area contributed by atoms with E-state index in [1.165, 1.54) is 5.56 Å². The summed E-state index contributed by atoms with van der Waals surface area (Å²) < 4.78 is 5.63. The second-order valence-corrected chi connectivity index (χ2v) is 7.97. The molecule has 0 radical (unpaired) electrons. The molecule has 4 nitrogen and oxygen atoms in total. The first-order chi connectivity index (χ1) is 13.6. The second kappa shape index (κ2) is 10.7. The monoisotopic (exact) mass is 420 g/mol. The Morgan fingerprint density at radius 3 is 2.57 bits per heavy atom. The summed E-state index contributed by atoms with van der Waals surface area (Å²) in [6.45, 7) is 3.45. The van der Waals surface area contributed by atoms with Crippen LogP contribution in [0.4, 0.5) is 0 Å². The van der Waals surface area contributed by atoms with Gasteiger partial charge in [0.15, 0.2) is 0 Å². The summed E-state index contributed by atoms with van der Waals surface area (Å²) in [5.41, 5.74) is 1.34. The van der Waals surface area contributed by atoms with Crippen LogP contribution >= 0.6 is 23.2 Å². The second-order valence-electron chi connectivity index (χ2n) is 7.13. The van der Waals surface area contributed by atoms with E-state index in [1.807, 2.05) is 6.07 Å². The Morgan fingerprint density at radius 2 is 1.86 bits per heavy atom. The molecular weight excluding hydrogens is 395 g/mol. The SMILES string of the molecule is O=C(CCCOc1ccc(Cl)cc1Cl)NC1CCN(Cc2ccccc2)CC1. The predicted molar refractivity (Wildman–Crippen MR) is 114 cm³/mol. The molecule has 1 N–H and O–H groups in total. The van der Waals surface area contributed by atoms with E-state index >= 15 is 0 Å². The lowest BCUT2D eigenvalue weighted by molar-refractivity contribution is -0.122. The third-order valence-electron chi connectivity index (χ3n) is 4.90. The number of nitrogens with one attached hydrogen (secondary N) is 1. The molecule has 1 amide bonds. The third kappa shape index (κ3) is 6.69. The average Bonchev–Trinajstić information content (AvgIpc) is 2.69. The molecule has 1 saturated heterocycles. The van der Waals surface area contributed by atoms with Crippen molar-refractivity contribution < 1.29 is 9.53 Å². The third-order valence-corrected chi connectivity index (χ3v) is 5.43. The normalized spacial score (nSPS) is 15.4. The maximum absolute atomic E-state index is 12.2. The minimum absolute atomic E-state index is 0.0901. The number of carbonyl (C=O) groups excluding carboxylic acids is 1. The van der Waals surface area contributed by atoms with Gasteiger partial charge in [0.2, 0.25) is 5.91 Å². The molecule has 150 valence electrons. The molecular formula is C22H26Cl2N2O2. The lowest BCUT2D eigenvalue weighted by Gasteiger charge is -2.32. The molecule has 0 aliphatic carbocycles. The van der Waals surface area contributed by atoms with E-state index in [4.69, 9.17) is 27.9 Å². The highest BCUT2D eigenvalue weighted by Crippen LogP contribution is 2.27. The molecule has 0 bridgehead atoms. The van der Waals surface area contributed by atoms with Gasteiger partial charge in [-0.05, 0) is 43.0 Å². The highest BCUT2D eigenvalue weighted by Gasteiger charge is 2.20. The van der Waals surface area contributed by atoms with Crippen molar-refractivity contribution in [3.8, 4) is 5.75 Å². The maximum Gasteiger partial charge on any atom is 0.220 e. The molecule has 0 aromatic heterocycles. The number of halogens is 2. The molecule has 0 atom stereocenters. The van der Waals surface area contributed by atoms with E-state index in [9.17, 15) is 4.79 Å². The molecule has 2 aromatic rings. The van der Waals surface area contributed by atoms with Gasteiger partial charge in [0.1, 0.15) is 5.75 Å². The molecule has 28 heavy (non-hydrogen) atoms. The van der Waals surface area contributed by atoms with Crippen molar-refractivity contribution in [3.05, 3.63) is 64.1 Å². The molecule has 0 saturated carbocycles. The first kappa shape index (κ1) is 21.0. The fourth-order valence-electron chi connectivity index (χ4n) is 3.38. The van der Waals surface area contributed by atoms with E-state index in [0.717, 1.165) is 32.5 Å². The van der Waals surface area contributed by atoms with Gasteiger partial charge in [-0.15, -0.1) is 0 Å². The van der Waals surface area contributed by atoms with Crippen molar-refractivity contribution in [2.75, 3.05) is 19.7 Å². The van der Waals surface area contributed by atoms with E-state index < -0.39 is 0 Å². The summed E-state index contributed by atoms with van der Waals surface area (Å²) in [6.07, 6.45) is 3.10. The summed E-state index contributed by atoms with van der Waals surface area (Å²) >= 11 is 11.9. The smallest absolute Gasteiger partial charge is 0.220 e. The first-order valence-electron chi connectivity index (χ1n) is 9.73. The number of likely N-dealkylation sites (tertiary alicyclic amines) is 1. The molecule has 0 unspecified atom stereocenters. The average molecular weight is 421 g/mol. The Kier molecular flexibility index (Phi) is 8.01. The van der Waals surface area contributed by atoms with Crippen molar-refractivity contribution in [2.45, 2.75) is 38.3 Å². The van der Waals surface area contributed by atoms with Gasteiger partial charge in [0.25, 0.3) is 0 Å². The van der Waals surface area contributed by atoms with Gasteiger partial charge >= 0.3 is 0 Å². The van der Waals surface area contributed by atoms with Crippen LogP contribution in [0.15, 0.2) is 48.5 Å². The van der Waals surface area contributed by atoms with E-state index in [0.29, 0.717) is 35.2 Å². The van der Waals surface area contributed by atoms with Crippen LogP contribution in [-0.2, 0) is 11.3 Å². The van der Waals surface area contributed by atoms with E-state index in [1.54, 1.807) is 18.2 Å². The number of amides is 1. The zero-order valence-electron chi connectivity index (χ0n) is 15.9. The Hall–Kier alpha value is -1.75. The van der Waals surface area contributed by atoms with Crippen LogP contribution in [0.1, 0.15) is 31.2 Å². The quantitative estimate of drug-likeness (QED) is 0.615. The molecule has 1 aliphatic rings. The minimum Gasteiger partial charge on any atom is -0.492 e. The highest BCUT2D eigenvalue weighted by molar-refractivity contribution is 6.35. The van der Waals surface area contributed by atoms with E-state index in [2.05, 4.69) is 34.5 Å². The van der Waals surface area contributed by atoms with Crippen molar-refractivity contribution in [2.24, 2.45) is 0 Å². The summed E-state index contributed by atoms with van der Waals surface area (Å²) in [5.74, 6) is 0.685. The Morgan fingerprint density at radius 1 is 1.11 bits per heavy atom. The summed E-state index contributed by atoms with van der Waals surface area (Å²) in [7, 11) is 0. The number of rotatable bonds is 8. The summed E-state index contributed by atoms with van der Waals surface area (Å²) in [5, 5.41) is 4.22. The lowest BCUT2D eigenvalue weighted by Crippen LogP contribution is -2.44. The van der Waals surface area contributed by atoms with E-state index in [-0.39, 0.29) is 11.9 Å². The summed E-state index contributed by atoms with van der Waals surface area (Å²) in [6, 6.07) is 15.9. The number of carbonyl (C=O) groups is 1. The number of piperidine rings is 1. The first-order valence-corrected chi connectivity index (χ1v) is 10.5. The van der Waals surface area contributed by atoms with Crippen LogP contribution < -0.4 is 10.1 Å². The van der Waals surface area contributed by atoms with Gasteiger partial charge in [-0.3, -0.25) is 9.69 Å². The Labute approximate surface area is 176 Å². The van der Waals surface area contributed by atoms with Gasteiger partial charge in [-0.2, -0.15) is 0 Å². The van der Waals surface area contributed by atoms with Crippen LogP contribution in [0.25, 0.3) is 0 Å². The van der Waals surface area contributed by atoms with Crippen molar-refractivity contribution in [1.82, 2.24) is 10.2 Å². The largest absolute Gasteiger partial charge is 0.492 e. The molecule has 1 heterocycles. The number of hydrogen-bond donors (Lipinski definition) is 1. The maximum atomic E-state index is 12.2. The van der Waals surface area contributed by atoms with Crippen LogP contribution in [0.2, 0.25) is 10.0 Å². The molecule has 3 rings (SSSR count). The molecule has 2 aromatic carbocycles. The van der Waals surface area contributed by atoms with Gasteiger partial charge in [0, 0.05) is 37.1 Å². The predicted octanol–water partition coefficient (Wildman–Crippen LogP) is 4.93. The molecule has 0 spiro atoms. The van der Waals surface area contributed by atoms with Crippen LogP contribution in [0, 0.1) is 0 Å². The van der Waals surface area contributed by atoms with Crippen molar-refractivity contribution in [3.63, 3.8) is 0 Å². The number of hydrogen-bond acceptors (Lipinski definition) is 3. The lowest BCUT2D eigenvalue weighted by atomic mass is 10.0. The van der Waals surface area contributed by atoms with Crippen LogP contribution in [-0.4, -0.2) is 36.5 Å². The highest BCUT2D eigenvalue weighted by atomic mass is 35.5. The van der Waals surface area contributed by atoms with Crippen molar-refractivity contribution >= 4 is 29.1 Å². The van der Waals surface area contributed by atoms with Gasteiger partial charge in [-0.25, -0.2) is 0 Å². The zero-order chi connectivity index (χ0) is 19.8. The van der Waals surface area contributed by atoms with Gasteiger partial charge < -0.3 is 10.1 Å². The fraction of sp³-hybridized carbons (Fsp3) is 0.409. The number of benzene rings is 2. The molecule has 6 heteroatoms. The van der Waals surface area contributed by atoms with Gasteiger partial charge in [-0.1, -0.05) is 53.5 Å². The van der Waals surface area contributed by atoms with Gasteiger partial charge in [0.05, 0.1) is 11.6 Å². The van der Waals surface area contributed by atoms with Crippen LogP contribution in [0.3, 0.4) is 0 Å². The standard InChI is InChI=1S/C22H26Cl2N2O2/c23-18-8-9-21(20(24)15-18)28-14-4-7-22(27)25-19-10-12-26(13-11-19)16-17-5-2-1-3-6-17/h1-3,5-6,8-9,15,19H,4,7,10-14,16H2,(H,25,27). The Balaban J connectivity index is 1.30. The minimum atomic E-state index is 0.0901. The van der Waals surface area contributed by atoms with Crippen molar-refractivity contribution in [1.29, 1.82) is 0 Å². The number of nitrogens with zero attached hydrogens (tertiary/aromatic N) is 1. The topological polar surface area (TPSA) is 41.6 Å². The zero-order valence-corrected chi connectivity index (χ0v) is 17.4. The Bertz CT molecular complexity index is 762. The molecule has 1 aliphatic heterocycles. The molecule has 1 fully saturated rings.